The lowest BCUT2D eigenvalue weighted by molar-refractivity contribution is -0.118. The maximum atomic E-state index is 12.3. The molecule has 2 heterocycles. The Kier molecular flexibility index (Phi) is 5.03. The summed E-state index contributed by atoms with van der Waals surface area (Å²) in [7, 11) is 0. The van der Waals surface area contributed by atoms with Gasteiger partial charge in [0.1, 0.15) is 11.7 Å². The van der Waals surface area contributed by atoms with E-state index in [1.807, 2.05) is 55.5 Å². The molecule has 4 rings (SSSR count). The van der Waals surface area contributed by atoms with E-state index in [2.05, 4.69) is 36.3 Å². The minimum Gasteiger partial charge on any atom is -0.467 e. The minimum absolute atomic E-state index is 0.178. The SMILES string of the molecule is Cc1ccc(NC(=O)COc2ncnc3c2cnn3-c2ccccc2)c(Br)c1. The topological polar surface area (TPSA) is 81.9 Å². The number of rotatable bonds is 5. The molecule has 0 unspecified atom stereocenters. The van der Waals surface area contributed by atoms with Crippen LogP contribution >= 0.6 is 15.9 Å². The number of nitrogens with zero attached hydrogens (tertiary/aromatic N) is 4. The highest BCUT2D eigenvalue weighted by Gasteiger charge is 2.14. The number of nitrogens with one attached hydrogen (secondary N) is 1. The van der Waals surface area contributed by atoms with Gasteiger partial charge in [0.15, 0.2) is 12.3 Å². The molecular formula is C20H16BrN5O2. The number of carbonyl (C=O) groups excluding carboxylic acids is 1. The van der Waals surface area contributed by atoms with Gasteiger partial charge in [0.2, 0.25) is 5.88 Å². The summed E-state index contributed by atoms with van der Waals surface area (Å²) in [5, 5.41) is 7.81. The average molecular weight is 438 g/mol. The number of hydrogen-bond donors (Lipinski definition) is 1. The van der Waals surface area contributed by atoms with Gasteiger partial charge in [-0.25, -0.2) is 14.6 Å². The Hall–Kier alpha value is -3.26. The Balaban J connectivity index is 1.51. The van der Waals surface area contributed by atoms with Crippen LogP contribution < -0.4 is 10.1 Å². The number of aromatic nitrogens is 4. The summed E-state index contributed by atoms with van der Waals surface area (Å²) in [6.07, 6.45) is 3.03. The number of ether oxygens (including phenoxy) is 1. The second kappa shape index (κ2) is 7.77. The van der Waals surface area contributed by atoms with Gasteiger partial charge in [0.05, 0.1) is 17.6 Å². The van der Waals surface area contributed by atoms with E-state index in [1.54, 1.807) is 10.9 Å². The Morgan fingerprint density at radius 2 is 2.00 bits per heavy atom. The Bertz CT molecular complexity index is 1140. The molecule has 0 aliphatic rings. The second-order valence-corrected chi connectivity index (χ2v) is 6.98. The van der Waals surface area contributed by atoms with Crippen molar-refractivity contribution in [3.8, 4) is 11.6 Å². The fraction of sp³-hybridized carbons (Fsp3) is 0.100. The van der Waals surface area contributed by atoms with Crippen LogP contribution in [0.25, 0.3) is 16.7 Å². The standard InChI is InChI=1S/C20H16BrN5O2/c1-13-7-8-17(16(21)9-13)25-18(27)11-28-20-15-10-24-26(19(15)22-12-23-20)14-5-3-2-4-6-14/h2-10,12H,11H2,1H3,(H,25,27). The molecule has 0 fully saturated rings. The monoisotopic (exact) mass is 437 g/mol. The largest absolute Gasteiger partial charge is 0.467 e. The molecule has 8 heteroatoms. The summed E-state index contributed by atoms with van der Waals surface area (Å²) >= 11 is 3.44. The van der Waals surface area contributed by atoms with Crippen molar-refractivity contribution in [3.63, 3.8) is 0 Å². The van der Waals surface area contributed by atoms with Crippen molar-refractivity contribution in [2.75, 3.05) is 11.9 Å². The van der Waals surface area contributed by atoms with Crippen LogP contribution in [-0.4, -0.2) is 32.3 Å². The van der Waals surface area contributed by atoms with Gasteiger partial charge < -0.3 is 10.1 Å². The first-order valence-corrected chi connectivity index (χ1v) is 9.34. The quantitative estimate of drug-likeness (QED) is 0.511. The molecule has 0 spiro atoms. The third kappa shape index (κ3) is 3.72. The molecule has 2 aromatic heterocycles. The fourth-order valence-corrected chi connectivity index (χ4v) is 3.33. The predicted molar refractivity (Wildman–Crippen MR) is 110 cm³/mol. The summed E-state index contributed by atoms with van der Waals surface area (Å²) in [5.74, 6) is 0.0251. The first kappa shape index (κ1) is 18.1. The average Bonchev–Trinajstić information content (AvgIpc) is 3.14. The zero-order valence-corrected chi connectivity index (χ0v) is 16.5. The number of benzene rings is 2. The summed E-state index contributed by atoms with van der Waals surface area (Å²) in [6, 6.07) is 15.3. The van der Waals surface area contributed by atoms with Crippen molar-refractivity contribution in [3.05, 3.63) is 71.1 Å². The van der Waals surface area contributed by atoms with E-state index in [1.165, 1.54) is 6.33 Å². The van der Waals surface area contributed by atoms with Crippen LogP contribution in [0.1, 0.15) is 5.56 Å². The molecule has 0 aliphatic carbocycles. The Labute approximate surface area is 169 Å². The molecule has 2 aromatic carbocycles. The number of halogens is 1. The molecule has 7 nitrogen and oxygen atoms in total. The van der Waals surface area contributed by atoms with Crippen LogP contribution in [-0.2, 0) is 4.79 Å². The molecular weight excluding hydrogens is 422 g/mol. The highest BCUT2D eigenvalue weighted by Crippen LogP contribution is 2.25. The van der Waals surface area contributed by atoms with Crippen LogP contribution in [0.15, 0.2) is 65.5 Å². The van der Waals surface area contributed by atoms with Crippen molar-refractivity contribution in [1.82, 2.24) is 19.7 Å². The van der Waals surface area contributed by atoms with Gasteiger partial charge in [-0.3, -0.25) is 4.79 Å². The molecule has 0 atom stereocenters. The maximum absolute atomic E-state index is 12.3. The lowest BCUT2D eigenvalue weighted by Gasteiger charge is -2.09. The number of hydrogen-bond acceptors (Lipinski definition) is 5. The van der Waals surface area contributed by atoms with Gasteiger partial charge in [-0.05, 0) is 52.7 Å². The number of amides is 1. The van der Waals surface area contributed by atoms with E-state index in [0.717, 1.165) is 15.7 Å². The Morgan fingerprint density at radius 1 is 1.18 bits per heavy atom. The van der Waals surface area contributed by atoms with E-state index in [-0.39, 0.29) is 12.5 Å². The summed E-state index contributed by atoms with van der Waals surface area (Å²) < 4.78 is 8.15. The zero-order chi connectivity index (χ0) is 19.5. The molecule has 0 bridgehead atoms. The third-order valence-corrected chi connectivity index (χ3v) is 4.72. The molecule has 1 N–H and O–H groups in total. The molecule has 0 saturated carbocycles. The minimum atomic E-state index is -0.285. The van der Waals surface area contributed by atoms with Gasteiger partial charge in [-0.2, -0.15) is 5.10 Å². The lowest BCUT2D eigenvalue weighted by Crippen LogP contribution is -2.20. The zero-order valence-electron chi connectivity index (χ0n) is 15.0. The third-order valence-electron chi connectivity index (χ3n) is 4.07. The van der Waals surface area contributed by atoms with Crippen LogP contribution in [0.2, 0.25) is 0 Å². The summed E-state index contributed by atoms with van der Waals surface area (Å²) in [4.78, 5) is 20.7. The van der Waals surface area contributed by atoms with Crippen molar-refractivity contribution in [2.45, 2.75) is 6.92 Å². The molecule has 0 radical (unpaired) electrons. The number of fused-ring (bicyclic) bond motifs is 1. The van der Waals surface area contributed by atoms with E-state index in [4.69, 9.17) is 4.74 Å². The number of aryl methyl sites for hydroxylation is 1. The number of carbonyl (C=O) groups is 1. The van der Waals surface area contributed by atoms with Crippen LogP contribution in [0.5, 0.6) is 5.88 Å². The highest BCUT2D eigenvalue weighted by molar-refractivity contribution is 9.10. The van der Waals surface area contributed by atoms with Gasteiger partial charge in [-0.1, -0.05) is 24.3 Å². The summed E-state index contributed by atoms with van der Waals surface area (Å²) in [5.41, 5.74) is 3.27. The molecule has 140 valence electrons. The number of anilines is 1. The maximum Gasteiger partial charge on any atom is 0.262 e. The second-order valence-electron chi connectivity index (χ2n) is 6.13. The van der Waals surface area contributed by atoms with E-state index >= 15 is 0 Å². The lowest BCUT2D eigenvalue weighted by atomic mass is 10.2. The first-order valence-electron chi connectivity index (χ1n) is 8.55. The van der Waals surface area contributed by atoms with Gasteiger partial charge in [0.25, 0.3) is 5.91 Å². The van der Waals surface area contributed by atoms with Crippen molar-refractivity contribution in [2.24, 2.45) is 0 Å². The Morgan fingerprint density at radius 3 is 2.79 bits per heavy atom. The fourth-order valence-electron chi connectivity index (χ4n) is 2.74. The van der Waals surface area contributed by atoms with Gasteiger partial charge in [0, 0.05) is 4.47 Å². The smallest absolute Gasteiger partial charge is 0.262 e. The van der Waals surface area contributed by atoms with Gasteiger partial charge in [-0.15, -0.1) is 0 Å². The van der Waals surface area contributed by atoms with Crippen LogP contribution in [0.4, 0.5) is 5.69 Å². The van der Waals surface area contributed by atoms with E-state index < -0.39 is 0 Å². The van der Waals surface area contributed by atoms with Crippen LogP contribution in [0.3, 0.4) is 0 Å². The summed E-state index contributed by atoms with van der Waals surface area (Å²) in [6.45, 7) is 1.80. The predicted octanol–water partition coefficient (Wildman–Crippen LogP) is 3.90. The number of para-hydroxylation sites is 1. The first-order chi connectivity index (χ1) is 13.6. The molecule has 28 heavy (non-hydrogen) atoms. The normalized spacial score (nSPS) is 10.8. The molecule has 4 aromatic rings. The molecule has 1 amide bonds. The van der Waals surface area contributed by atoms with Crippen molar-refractivity contribution >= 4 is 38.6 Å². The van der Waals surface area contributed by atoms with Crippen molar-refractivity contribution < 1.29 is 9.53 Å². The molecule has 0 aliphatic heterocycles. The highest BCUT2D eigenvalue weighted by atomic mass is 79.9. The van der Waals surface area contributed by atoms with E-state index in [9.17, 15) is 4.79 Å². The van der Waals surface area contributed by atoms with Gasteiger partial charge >= 0.3 is 0 Å². The van der Waals surface area contributed by atoms with Crippen LogP contribution in [0, 0.1) is 6.92 Å². The van der Waals surface area contributed by atoms with E-state index in [0.29, 0.717) is 22.6 Å². The molecule has 0 saturated heterocycles. The van der Waals surface area contributed by atoms with Crippen molar-refractivity contribution in [1.29, 1.82) is 0 Å².